The molecule has 1 amide bonds. The first-order chi connectivity index (χ1) is 16.2. The quantitative estimate of drug-likeness (QED) is 0.289. The summed E-state index contributed by atoms with van der Waals surface area (Å²) in [7, 11) is 0. The summed E-state index contributed by atoms with van der Waals surface area (Å²) in [5.74, 6) is -0.730. The van der Waals surface area contributed by atoms with Crippen LogP contribution >= 0.6 is 11.3 Å². The van der Waals surface area contributed by atoms with Crippen LogP contribution in [0.5, 0.6) is 0 Å². The summed E-state index contributed by atoms with van der Waals surface area (Å²) in [6.45, 7) is -0.269. The average Bonchev–Trinajstić information content (AvgIpc) is 3.11. The molecule has 0 radical (unpaired) electrons. The van der Waals surface area contributed by atoms with E-state index in [1.807, 2.05) is 54.6 Å². The number of aromatic nitrogens is 1. The van der Waals surface area contributed by atoms with Crippen LogP contribution in [0, 0.1) is 0 Å². The number of ether oxygens (including phenoxy) is 1. The van der Waals surface area contributed by atoms with Crippen LogP contribution in [0.4, 0.5) is 0 Å². The Labute approximate surface area is 196 Å². The van der Waals surface area contributed by atoms with Gasteiger partial charge in [0.05, 0.1) is 15.8 Å². The van der Waals surface area contributed by atoms with Crippen molar-refractivity contribution in [1.82, 2.24) is 10.3 Å². The number of para-hydroxylation sites is 1. The number of benzene rings is 3. The molecular formula is C27H26N2O3S. The zero-order chi connectivity index (χ0) is 22.6. The van der Waals surface area contributed by atoms with E-state index in [9.17, 15) is 9.59 Å². The molecule has 1 fully saturated rings. The molecule has 1 aliphatic carbocycles. The number of hydrogen-bond acceptors (Lipinski definition) is 5. The highest BCUT2D eigenvalue weighted by Gasteiger charge is 2.20. The van der Waals surface area contributed by atoms with Gasteiger partial charge < -0.3 is 10.1 Å². The standard InChI is InChI=1S/C27H26N2O3S/c30-24(28-19-11-3-1-2-4-12-19)17-32-27(31)21-14-8-10-18-9-7-13-20(25(18)21)26-29-22-15-5-6-16-23(22)33-26/h5-10,13-16,19H,1-4,11-12,17H2,(H,28,30). The van der Waals surface area contributed by atoms with Gasteiger partial charge in [-0.25, -0.2) is 9.78 Å². The summed E-state index contributed by atoms with van der Waals surface area (Å²) in [6.07, 6.45) is 6.70. The van der Waals surface area contributed by atoms with Gasteiger partial charge in [-0.05, 0) is 36.4 Å². The number of carbonyl (C=O) groups excluding carboxylic acids is 2. The fourth-order valence-corrected chi connectivity index (χ4v) is 5.58. The molecule has 1 heterocycles. The molecule has 33 heavy (non-hydrogen) atoms. The van der Waals surface area contributed by atoms with Gasteiger partial charge in [0.2, 0.25) is 0 Å². The summed E-state index contributed by atoms with van der Waals surface area (Å²) < 4.78 is 6.55. The fourth-order valence-electron chi connectivity index (χ4n) is 4.58. The zero-order valence-corrected chi connectivity index (χ0v) is 19.2. The number of hydrogen-bond donors (Lipinski definition) is 1. The maximum atomic E-state index is 13.0. The molecular weight excluding hydrogens is 432 g/mol. The molecule has 168 valence electrons. The SMILES string of the molecule is O=C(COC(=O)c1cccc2cccc(-c3nc4ccccc4s3)c12)NC1CCCCCC1. The van der Waals surface area contributed by atoms with Gasteiger partial charge in [0.15, 0.2) is 6.61 Å². The highest BCUT2D eigenvalue weighted by Crippen LogP contribution is 2.36. The van der Waals surface area contributed by atoms with Gasteiger partial charge in [-0.1, -0.05) is 68.1 Å². The van der Waals surface area contributed by atoms with E-state index in [1.54, 1.807) is 17.4 Å². The van der Waals surface area contributed by atoms with Crippen molar-refractivity contribution in [1.29, 1.82) is 0 Å². The summed E-state index contributed by atoms with van der Waals surface area (Å²) in [5.41, 5.74) is 2.28. The highest BCUT2D eigenvalue weighted by atomic mass is 32.1. The second-order valence-electron chi connectivity index (χ2n) is 8.53. The van der Waals surface area contributed by atoms with Crippen LogP contribution in [0.15, 0.2) is 60.7 Å². The Kier molecular flexibility index (Phi) is 6.35. The van der Waals surface area contributed by atoms with Gasteiger partial charge in [0.1, 0.15) is 5.01 Å². The van der Waals surface area contributed by atoms with E-state index in [0.29, 0.717) is 5.56 Å². The Morgan fingerprint density at radius 1 is 0.939 bits per heavy atom. The summed E-state index contributed by atoms with van der Waals surface area (Å²) >= 11 is 1.60. The lowest BCUT2D eigenvalue weighted by atomic mass is 9.99. The van der Waals surface area contributed by atoms with Crippen LogP contribution in [0.25, 0.3) is 31.6 Å². The van der Waals surface area contributed by atoms with Crippen molar-refractivity contribution in [3.8, 4) is 10.6 Å². The molecule has 0 saturated heterocycles. The number of nitrogens with one attached hydrogen (secondary N) is 1. The lowest BCUT2D eigenvalue weighted by molar-refractivity contribution is -0.125. The van der Waals surface area contributed by atoms with Crippen LogP contribution in [0.2, 0.25) is 0 Å². The molecule has 0 spiro atoms. The maximum absolute atomic E-state index is 13.0. The molecule has 1 aromatic heterocycles. The fraction of sp³-hybridized carbons (Fsp3) is 0.296. The van der Waals surface area contributed by atoms with Gasteiger partial charge in [0.25, 0.3) is 5.91 Å². The average molecular weight is 459 g/mol. The normalized spacial score (nSPS) is 14.8. The maximum Gasteiger partial charge on any atom is 0.339 e. The molecule has 6 heteroatoms. The Balaban J connectivity index is 1.38. The molecule has 0 bridgehead atoms. The van der Waals surface area contributed by atoms with Crippen LogP contribution in [-0.4, -0.2) is 29.5 Å². The van der Waals surface area contributed by atoms with E-state index in [4.69, 9.17) is 9.72 Å². The number of rotatable bonds is 5. The van der Waals surface area contributed by atoms with Crippen LogP contribution < -0.4 is 5.32 Å². The van der Waals surface area contributed by atoms with Gasteiger partial charge in [-0.15, -0.1) is 11.3 Å². The minimum absolute atomic E-state index is 0.182. The number of esters is 1. The third-order valence-corrected chi connectivity index (χ3v) is 7.27. The van der Waals surface area contributed by atoms with Crippen molar-refractivity contribution in [2.24, 2.45) is 0 Å². The predicted molar refractivity (Wildman–Crippen MR) is 132 cm³/mol. The summed E-state index contributed by atoms with van der Waals surface area (Å²) in [4.78, 5) is 30.2. The Morgan fingerprint density at radius 3 is 2.48 bits per heavy atom. The molecule has 5 rings (SSSR count). The molecule has 1 saturated carbocycles. The van der Waals surface area contributed by atoms with Crippen molar-refractivity contribution >= 4 is 44.2 Å². The molecule has 0 unspecified atom stereocenters. The van der Waals surface area contributed by atoms with E-state index in [0.717, 1.165) is 57.2 Å². The topological polar surface area (TPSA) is 68.3 Å². The third-order valence-electron chi connectivity index (χ3n) is 6.20. The Morgan fingerprint density at radius 2 is 1.70 bits per heavy atom. The van der Waals surface area contributed by atoms with Crippen molar-refractivity contribution in [3.05, 3.63) is 66.2 Å². The second-order valence-corrected chi connectivity index (χ2v) is 9.56. The highest BCUT2D eigenvalue weighted by molar-refractivity contribution is 7.21. The van der Waals surface area contributed by atoms with Gasteiger partial charge >= 0.3 is 5.97 Å². The number of carbonyl (C=O) groups is 2. The number of fused-ring (bicyclic) bond motifs is 2. The van der Waals surface area contributed by atoms with Gasteiger partial charge in [0, 0.05) is 17.0 Å². The monoisotopic (exact) mass is 458 g/mol. The van der Waals surface area contributed by atoms with Crippen LogP contribution in [-0.2, 0) is 9.53 Å². The summed E-state index contributed by atoms with van der Waals surface area (Å²) in [5, 5.41) is 5.62. The van der Waals surface area contributed by atoms with E-state index >= 15 is 0 Å². The lowest BCUT2D eigenvalue weighted by Crippen LogP contribution is -2.37. The molecule has 0 aliphatic heterocycles. The van der Waals surface area contributed by atoms with Gasteiger partial charge in [-0.2, -0.15) is 0 Å². The number of nitrogens with zero attached hydrogens (tertiary/aromatic N) is 1. The van der Waals surface area contributed by atoms with Crippen LogP contribution in [0.1, 0.15) is 48.9 Å². The summed E-state index contributed by atoms with van der Waals surface area (Å²) in [6, 6.07) is 19.7. The predicted octanol–water partition coefficient (Wildman–Crippen LogP) is 6.11. The smallest absolute Gasteiger partial charge is 0.339 e. The first-order valence-electron chi connectivity index (χ1n) is 11.5. The lowest BCUT2D eigenvalue weighted by Gasteiger charge is -2.16. The van der Waals surface area contributed by atoms with Crippen molar-refractivity contribution in [2.45, 2.75) is 44.6 Å². The third kappa shape index (κ3) is 4.76. The van der Waals surface area contributed by atoms with E-state index in [1.165, 1.54) is 12.8 Å². The number of thiazole rings is 1. The minimum atomic E-state index is -0.495. The Bertz CT molecular complexity index is 1270. The molecule has 4 aromatic rings. The van der Waals surface area contributed by atoms with Crippen molar-refractivity contribution in [3.63, 3.8) is 0 Å². The zero-order valence-electron chi connectivity index (χ0n) is 18.4. The van der Waals surface area contributed by atoms with E-state index in [2.05, 4.69) is 5.32 Å². The minimum Gasteiger partial charge on any atom is -0.452 e. The Hall–Kier alpha value is -3.25. The molecule has 1 N–H and O–H groups in total. The first kappa shape index (κ1) is 21.6. The van der Waals surface area contributed by atoms with Crippen molar-refractivity contribution in [2.75, 3.05) is 6.61 Å². The second kappa shape index (κ2) is 9.71. The van der Waals surface area contributed by atoms with E-state index in [-0.39, 0.29) is 18.6 Å². The largest absolute Gasteiger partial charge is 0.452 e. The van der Waals surface area contributed by atoms with Crippen molar-refractivity contribution < 1.29 is 14.3 Å². The van der Waals surface area contributed by atoms with Crippen LogP contribution in [0.3, 0.4) is 0 Å². The molecule has 0 atom stereocenters. The molecule has 5 nitrogen and oxygen atoms in total. The van der Waals surface area contributed by atoms with E-state index < -0.39 is 5.97 Å². The first-order valence-corrected chi connectivity index (χ1v) is 12.3. The molecule has 3 aromatic carbocycles. The van der Waals surface area contributed by atoms with Gasteiger partial charge in [-0.3, -0.25) is 4.79 Å². The number of amides is 1. The molecule has 1 aliphatic rings.